The largest absolute Gasteiger partial charge is 0.493 e. The Morgan fingerprint density at radius 1 is 1.56 bits per heavy atom. The highest BCUT2D eigenvalue weighted by Crippen LogP contribution is 2.28. The number of hydrogen-bond acceptors (Lipinski definition) is 4. The van der Waals surface area contributed by atoms with Gasteiger partial charge in [-0.25, -0.2) is 0 Å². The third-order valence-electron chi connectivity index (χ3n) is 2.02. The van der Waals surface area contributed by atoms with Crippen LogP contribution >= 0.6 is 0 Å². The van der Waals surface area contributed by atoms with Gasteiger partial charge in [0.15, 0.2) is 0 Å². The summed E-state index contributed by atoms with van der Waals surface area (Å²) in [6.45, 7) is 2.43. The van der Waals surface area contributed by atoms with Gasteiger partial charge in [0.05, 0.1) is 29.6 Å². The minimum absolute atomic E-state index is 0.0177. The summed E-state index contributed by atoms with van der Waals surface area (Å²) in [5, 5.41) is 19.4. The second-order valence-electron chi connectivity index (χ2n) is 3.19. The van der Waals surface area contributed by atoms with Crippen LogP contribution in [0.2, 0.25) is 0 Å². The van der Waals surface area contributed by atoms with Gasteiger partial charge in [0, 0.05) is 6.07 Å². The molecule has 0 fully saturated rings. The zero-order chi connectivity index (χ0) is 12.0. The lowest BCUT2D eigenvalue weighted by molar-refractivity contribution is -0.385. The summed E-state index contributed by atoms with van der Waals surface area (Å²) >= 11 is 0. The Kier molecular flexibility index (Phi) is 4.28. The SMILES string of the molecule is CCCOc1cccc([N+](=O)[O-])c1CC#N. The molecule has 0 aromatic heterocycles. The van der Waals surface area contributed by atoms with E-state index >= 15 is 0 Å². The summed E-state index contributed by atoms with van der Waals surface area (Å²) in [4.78, 5) is 10.3. The molecule has 5 nitrogen and oxygen atoms in total. The molecule has 0 heterocycles. The van der Waals surface area contributed by atoms with Crippen molar-refractivity contribution in [3.63, 3.8) is 0 Å². The second-order valence-corrected chi connectivity index (χ2v) is 3.19. The van der Waals surface area contributed by atoms with E-state index in [0.29, 0.717) is 17.9 Å². The standard InChI is InChI=1S/C11H12N2O3/c1-2-8-16-11-5-3-4-10(13(14)15)9(11)6-7-12/h3-5H,2,6,8H2,1H3. The molecule has 0 bridgehead atoms. The second kappa shape index (κ2) is 5.71. The smallest absolute Gasteiger partial charge is 0.277 e. The van der Waals surface area contributed by atoms with Crippen molar-refractivity contribution < 1.29 is 9.66 Å². The summed E-state index contributed by atoms with van der Waals surface area (Å²) in [6.07, 6.45) is 0.797. The van der Waals surface area contributed by atoms with Crippen molar-refractivity contribution >= 4 is 5.69 Å². The summed E-state index contributed by atoms with van der Waals surface area (Å²) in [5.74, 6) is 0.428. The van der Waals surface area contributed by atoms with Gasteiger partial charge in [-0.05, 0) is 12.5 Å². The predicted molar refractivity (Wildman–Crippen MR) is 58.2 cm³/mol. The van der Waals surface area contributed by atoms with Crippen LogP contribution in [-0.2, 0) is 6.42 Å². The molecule has 0 aliphatic carbocycles. The maximum absolute atomic E-state index is 10.8. The summed E-state index contributed by atoms with van der Waals surface area (Å²) < 4.78 is 5.37. The third-order valence-corrected chi connectivity index (χ3v) is 2.02. The molecule has 0 unspecified atom stereocenters. The lowest BCUT2D eigenvalue weighted by Gasteiger charge is -2.08. The van der Waals surface area contributed by atoms with Gasteiger partial charge < -0.3 is 4.74 Å². The lowest BCUT2D eigenvalue weighted by Crippen LogP contribution is -2.02. The molecule has 0 aliphatic heterocycles. The van der Waals surface area contributed by atoms with Crippen LogP contribution in [0.4, 0.5) is 5.69 Å². The van der Waals surface area contributed by atoms with Crippen molar-refractivity contribution in [1.29, 1.82) is 5.26 Å². The highest BCUT2D eigenvalue weighted by atomic mass is 16.6. The Balaban J connectivity index is 3.11. The number of hydrogen-bond donors (Lipinski definition) is 0. The first-order chi connectivity index (χ1) is 7.70. The van der Waals surface area contributed by atoms with E-state index in [9.17, 15) is 10.1 Å². The zero-order valence-corrected chi connectivity index (χ0v) is 8.97. The van der Waals surface area contributed by atoms with Crippen LogP contribution in [0.5, 0.6) is 5.75 Å². The van der Waals surface area contributed by atoms with E-state index in [0.717, 1.165) is 6.42 Å². The summed E-state index contributed by atoms with van der Waals surface area (Å²) in [5.41, 5.74) is 0.290. The van der Waals surface area contributed by atoms with Crippen LogP contribution < -0.4 is 4.74 Å². The van der Waals surface area contributed by atoms with E-state index in [1.54, 1.807) is 12.1 Å². The first-order valence-electron chi connectivity index (χ1n) is 4.96. The molecule has 0 radical (unpaired) electrons. The van der Waals surface area contributed by atoms with Gasteiger partial charge >= 0.3 is 0 Å². The van der Waals surface area contributed by atoms with Crippen molar-refractivity contribution in [2.75, 3.05) is 6.61 Å². The van der Waals surface area contributed by atoms with Gasteiger partial charge in [-0.3, -0.25) is 10.1 Å². The van der Waals surface area contributed by atoms with Gasteiger partial charge in [0.1, 0.15) is 5.75 Å². The average Bonchev–Trinajstić information content (AvgIpc) is 2.27. The minimum Gasteiger partial charge on any atom is -0.493 e. The predicted octanol–water partition coefficient (Wildman–Crippen LogP) is 2.45. The van der Waals surface area contributed by atoms with E-state index in [2.05, 4.69) is 0 Å². The van der Waals surface area contributed by atoms with Gasteiger partial charge in [0.25, 0.3) is 5.69 Å². The maximum atomic E-state index is 10.8. The van der Waals surface area contributed by atoms with Crippen LogP contribution in [-0.4, -0.2) is 11.5 Å². The Labute approximate surface area is 93.4 Å². The number of nitrogens with zero attached hydrogens (tertiary/aromatic N) is 2. The Hall–Kier alpha value is -2.09. The molecule has 5 heteroatoms. The number of nitro benzene ring substituents is 1. The molecule has 0 N–H and O–H groups in total. The van der Waals surface area contributed by atoms with Gasteiger partial charge in [-0.15, -0.1) is 0 Å². The number of benzene rings is 1. The number of nitro groups is 1. The van der Waals surface area contributed by atoms with E-state index in [-0.39, 0.29) is 12.1 Å². The third kappa shape index (κ3) is 2.70. The van der Waals surface area contributed by atoms with Gasteiger partial charge in [-0.2, -0.15) is 5.26 Å². The fraction of sp³-hybridized carbons (Fsp3) is 0.364. The van der Waals surface area contributed by atoms with Crippen molar-refractivity contribution in [1.82, 2.24) is 0 Å². The molecule has 0 saturated carbocycles. The molecule has 0 atom stereocenters. The molecule has 1 rings (SSSR count). The van der Waals surface area contributed by atoms with Gasteiger partial charge in [0.2, 0.25) is 0 Å². The molecule has 1 aromatic carbocycles. The van der Waals surface area contributed by atoms with Crippen LogP contribution in [0.3, 0.4) is 0 Å². The topological polar surface area (TPSA) is 76.2 Å². The van der Waals surface area contributed by atoms with Crippen LogP contribution in [0, 0.1) is 21.4 Å². The fourth-order valence-electron chi connectivity index (χ4n) is 1.33. The molecular formula is C11H12N2O3. The first kappa shape index (κ1) is 12.0. The highest BCUT2D eigenvalue weighted by molar-refractivity contribution is 5.50. The quantitative estimate of drug-likeness (QED) is 0.564. The molecular weight excluding hydrogens is 208 g/mol. The number of nitriles is 1. The molecule has 84 valence electrons. The average molecular weight is 220 g/mol. The van der Waals surface area contributed by atoms with Crippen molar-refractivity contribution in [2.45, 2.75) is 19.8 Å². The normalized spacial score (nSPS) is 9.50. The minimum atomic E-state index is -0.495. The van der Waals surface area contributed by atoms with E-state index < -0.39 is 4.92 Å². The summed E-state index contributed by atoms with van der Waals surface area (Å²) in [6, 6.07) is 6.50. The van der Waals surface area contributed by atoms with Crippen LogP contribution in [0.15, 0.2) is 18.2 Å². The molecule has 0 spiro atoms. The molecule has 0 aliphatic rings. The van der Waals surface area contributed by atoms with Crippen molar-refractivity contribution in [3.05, 3.63) is 33.9 Å². The zero-order valence-electron chi connectivity index (χ0n) is 8.97. The molecule has 16 heavy (non-hydrogen) atoms. The van der Waals surface area contributed by atoms with Gasteiger partial charge in [-0.1, -0.05) is 13.0 Å². The molecule has 1 aromatic rings. The van der Waals surface area contributed by atoms with Crippen LogP contribution in [0.25, 0.3) is 0 Å². The number of ether oxygens (including phenoxy) is 1. The number of rotatable bonds is 5. The first-order valence-corrected chi connectivity index (χ1v) is 4.96. The fourth-order valence-corrected chi connectivity index (χ4v) is 1.33. The lowest BCUT2D eigenvalue weighted by atomic mass is 10.1. The Morgan fingerprint density at radius 3 is 2.88 bits per heavy atom. The Bertz CT molecular complexity index is 424. The van der Waals surface area contributed by atoms with E-state index in [1.165, 1.54) is 6.07 Å². The van der Waals surface area contributed by atoms with E-state index in [1.807, 2.05) is 13.0 Å². The molecule has 0 saturated heterocycles. The van der Waals surface area contributed by atoms with Crippen LogP contribution in [0.1, 0.15) is 18.9 Å². The maximum Gasteiger partial charge on any atom is 0.277 e. The monoisotopic (exact) mass is 220 g/mol. The Morgan fingerprint density at radius 2 is 2.31 bits per heavy atom. The molecule has 0 amide bonds. The van der Waals surface area contributed by atoms with Crippen molar-refractivity contribution in [2.24, 2.45) is 0 Å². The van der Waals surface area contributed by atoms with Crippen molar-refractivity contribution in [3.8, 4) is 11.8 Å². The van der Waals surface area contributed by atoms with E-state index in [4.69, 9.17) is 10.00 Å². The highest BCUT2D eigenvalue weighted by Gasteiger charge is 2.17. The summed E-state index contributed by atoms with van der Waals surface area (Å²) in [7, 11) is 0.